The average molecular weight is 568 g/mol. The number of aromatic nitrogens is 2. The minimum atomic E-state index is -0.482. The number of ether oxygens (including phenoxy) is 1. The molecule has 0 radical (unpaired) electrons. The van der Waals surface area contributed by atoms with E-state index in [1.807, 2.05) is 10.0 Å². The van der Waals surface area contributed by atoms with Crippen LogP contribution in [0.4, 0.5) is 14.5 Å². The van der Waals surface area contributed by atoms with Gasteiger partial charge in [0, 0.05) is 12.7 Å². The second-order valence-corrected chi connectivity index (χ2v) is 8.75. The number of hydrazone groups is 1. The second-order valence-electron chi connectivity index (χ2n) is 7.58. The molecule has 0 unspecified atom stereocenters. The van der Waals surface area contributed by atoms with Gasteiger partial charge in [0.25, 0.3) is 5.91 Å². The Morgan fingerprint density at radius 1 is 1.24 bits per heavy atom. The van der Waals surface area contributed by atoms with Crippen LogP contribution in [0.5, 0.6) is 0 Å². The third-order valence-corrected chi connectivity index (χ3v) is 6.18. The summed E-state index contributed by atoms with van der Waals surface area (Å²) in [5, 5.41) is 8.66. The molecule has 3 heterocycles. The number of amidine groups is 1. The number of carbonyl (C=O) groups excluding carboxylic acids is 1. The summed E-state index contributed by atoms with van der Waals surface area (Å²) >= 11 is 2.09. The van der Waals surface area contributed by atoms with Crippen molar-refractivity contribution in [3.63, 3.8) is 0 Å². The summed E-state index contributed by atoms with van der Waals surface area (Å²) in [4.78, 5) is 17.2. The van der Waals surface area contributed by atoms with E-state index in [4.69, 9.17) is 4.74 Å². The van der Waals surface area contributed by atoms with E-state index in [9.17, 15) is 13.6 Å². The van der Waals surface area contributed by atoms with E-state index in [1.165, 1.54) is 23.6 Å². The van der Waals surface area contributed by atoms with E-state index in [0.717, 1.165) is 0 Å². The molecule has 1 aromatic carbocycles. The first-order valence-corrected chi connectivity index (χ1v) is 11.4. The molecule has 1 aliphatic rings. The maximum absolute atomic E-state index is 14.8. The minimum Gasteiger partial charge on any atom is -0.467 e. The van der Waals surface area contributed by atoms with Crippen molar-refractivity contribution in [2.45, 2.75) is 26.8 Å². The second kappa shape index (κ2) is 9.49. The topological polar surface area (TPSA) is 74.5 Å². The number of nitrogens with zero attached hydrogens (tertiary/aromatic N) is 5. The fourth-order valence-electron chi connectivity index (χ4n) is 3.70. The highest BCUT2D eigenvalue weighted by molar-refractivity contribution is 14.1. The van der Waals surface area contributed by atoms with Crippen LogP contribution >= 0.6 is 22.9 Å². The van der Waals surface area contributed by atoms with Gasteiger partial charge in [0.2, 0.25) is 0 Å². The minimum absolute atomic E-state index is 0.106. The molecule has 0 saturated carbocycles. The Hall–Kier alpha value is -2.96. The third kappa shape index (κ3) is 4.59. The van der Waals surface area contributed by atoms with Gasteiger partial charge in [-0.05, 0) is 42.7 Å². The molecule has 0 atom stereocenters. The van der Waals surface area contributed by atoms with Gasteiger partial charge in [-0.2, -0.15) is 0 Å². The van der Waals surface area contributed by atoms with Crippen molar-refractivity contribution in [3.8, 4) is 0 Å². The van der Waals surface area contributed by atoms with Crippen LogP contribution in [0, 0.1) is 18.6 Å². The van der Waals surface area contributed by atoms with Gasteiger partial charge in [0.1, 0.15) is 11.5 Å². The number of carbonyl (C=O) groups is 1. The summed E-state index contributed by atoms with van der Waals surface area (Å²) in [6.07, 6.45) is 2.15. The van der Waals surface area contributed by atoms with Gasteiger partial charge in [-0.15, -0.1) is 5.10 Å². The van der Waals surface area contributed by atoms with Gasteiger partial charge in [-0.3, -0.25) is 17.3 Å². The molecule has 0 bridgehead atoms. The quantitative estimate of drug-likeness (QED) is 0.375. The summed E-state index contributed by atoms with van der Waals surface area (Å²) in [5.74, 6) is -1.34. The van der Waals surface area contributed by atoms with Crippen molar-refractivity contribution in [1.29, 1.82) is 0 Å². The molecule has 8 nitrogen and oxygen atoms in total. The Balaban J connectivity index is 1.53. The number of pyridine rings is 1. The van der Waals surface area contributed by atoms with Gasteiger partial charge in [0.15, 0.2) is 11.5 Å². The summed E-state index contributed by atoms with van der Waals surface area (Å²) in [6, 6.07) is 6.50. The molecule has 0 saturated heterocycles. The number of imidazole rings is 1. The molecule has 33 heavy (non-hydrogen) atoms. The lowest BCUT2D eigenvalue weighted by molar-refractivity contribution is 0.0944. The van der Waals surface area contributed by atoms with Crippen molar-refractivity contribution >= 4 is 46.1 Å². The Morgan fingerprint density at radius 3 is 2.73 bits per heavy atom. The SMILES string of the molecule is CCc1nc2c(F)cc(C)cn2c1C(=O)NCc1ccc(N2CCN(I)C(OC)=N2)c(F)c1. The number of aryl methyl sites for hydroxylation is 2. The number of benzene rings is 1. The Kier molecular flexibility index (Phi) is 6.68. The molecule has 11 heteroatoms. The molecule has 0 fully saturated rings. The van der Waals surface area contributed by atoms with Crippen molar-refractivity contribution in [3.05, 3.63) is 64.6 Å². The molecule has 174 valence electrons. The number of fused-ring (bicyclic) bond motifs is 1. The Morgan fingerprint density at radius 2 is 2.03 bits per heavy atom. The fraction of sp³-hybridized carbons (Fsp3) is 0.318. The van der Waals surface area contributed by atoms with Crippen LogP contribution in [0.2, 0.25) is 0 Å². The largest absolute Gasteiger partial charge is 0.467 e. The first kappa shape index (κ1) is 23.2. The van der Waals surface area contributed by atoms with Gasteiger partial charge in [-0.25, -0.2) is 13.8 Å². The van der Waals surface area contributed by atoms with Crippen molar-refractivity contribution in [2.75, 3.05) is 25.2 Å². The van der Waals surface area contributed by atoms with Gasteiger partial charge in [0.05, 0.1) is 54.4 Å². The maximum Gasteiger partial charge on any atom is 0.318 e. The lowest BCUT2D eigenvalue weighted by Gasteiger charge is -2.29. The zero-order valence-corrected chi connectivity index (χ0v) is 20.6. The van der Waals surface area contributed by atoms with E-state index < -0.39 is 17.5 Å². The number of hydrogen-bond acceptors (Lipinski definition) is 6. The lowest BCUT2D eigenvalue weighted by atomic mass is 10.1. The summed E-state index contributed by atoms with van der Waals surface area (Å²) in [7, 11) is 1.51. The number of halogens is 3. The number of rotatable bonds is 5. The van der Waals surface area contributed by atoms with E-state index in [1.54, 1.807) is 30.3 Å². The van der Waals surface area contributed by atoms with Gasteiger partial charge >= 0.3 is 6.02 Å². The molecule has 1 amide bonds. The van der Waals surface area contributed by atoms with Crippen molar-refractivity contribution in [1.82, 2.24) is 17.8 Å². The number of hydrogen-bond donors (Lipinski definition) is 1. The maximum atomic E-state index is 14.8. The smallest absolute Gasteiger partial charge is 0.318 e. The highest BCUT2D eigenvalue weighted by atomic mass is 127. The summed E-state index contributed by atoms with van der Waals surface area (Å²) < 4.78 is 37.7. The molecule has 4 rings (SSSR count). The molecule has 3 aromatic rings. The highest BCUT2D eigenvalue weighted by Crippen LogP contribution is 2.24. The fourth-order valence-corrected chi connectivity index (χ4v) is 4.21. The summed E-state index contributed by atoms with van der Waals surface area (Å²) in [6.45, 7) is 4.85. The normalized spacial score (nSPS) is 13.9. The van der Waals surface area contributed by atoms with E-state index in [0.29, 0.717) is 48.0 Å². The van der Waals surface area contributed by atoms with Crippen LogP contribution in [0.1, 0.15) is 34.2 Å². The van der Waals surface area contributed by atoms with Crippen LogP contribution in [0.3, 0.4) is 0 Å². The third-order valence-electron chi connectivity index (χ3n) is 5.28. The van der Waals surface area contributed by atoms with Gasteiger partial charge < -0.3 is 10.1 Å². The molecule has 0 spiro atoms. The molecule has 2 aromatic heterocycles. The number of anilines is 1. The van der Waals surface area contributed by atoms with Crippen molar-refractivity contribution in [2.24, 2.45) is 5.10 Å². The van der Waals surface area contributed by atoms with E-state index in [-0.39, 0.29) is 17.9 Å². The van der Waals surface area contributed by atoms with Crippen LogP contribution in [-0.2, 0) is 17.7 Å². The highest BCUT2D eigenvalue weighted by Gasteiger charge is 2.23. The van der Waals surface area contributed by atoms with Crippen LogP contribution < -0.4 is 10.3 Å². The molecular formula is C22H23F2IN6O2. The number of methoxy groups -OCH3 is 1. The zero-order valence-electron chi connectivity index (χ0n) is 18.4. The number of amides is 1. The monoisotopic (exact) mass is 568 g/mol. The lowest BCUT2D eigenvalue weighted by Crippen LogP contribution is -2.39. The Labute approximate surface area is 203 Å². The van der Waals surface area contributed by atoms with Crippen LogP contribution in [0.25, 0.3) is 5.65 Å². The Bertz CT molecular complexity index is 1250. The van der Waals surface area contributed by atoms with E-state index >= 15 is 0 Å². The molecule has 0 aliphatic carbocycles. The first-order valence-electron chi connectivity index (χ1n) is 10.4. The number of nitrogens with one attached hydrogen (secondary N) is 1. The van der Waals surface area contributed by atoms with Crippen LogP contribution in [-0.4, -0.2) is 44.6 Å². The van der Waals surface area contributed by atoms with E-state index in [2.05, 4.69) is 38.3 Å². The first-order chi connectivity index (χ1) is 15.8. The summed E-state index contributed by atoms with van der Waals surface area (Å²) in [5.41, 5.74) is 2.48. The molecule has 1 aliphatic heterocycles. The van der Waals surface area contributed by atoms with Gasteiger partial charge in [-0.1, -0.05) is 13.0 Å². The standard InChI is InChI=1S/C22H23F2IN6O2/c1-4-17-19(29-12-13(2)9-16(24)20(29)27-17)21(32)26-11-14-5-6-18(15(23)10-14)31-8-7-30(25)22(28-31)33-3/h5-6,9-10,12H,4,7-8,11H2,1-3H3,(H,26,32). The van der Waals surface area contributed by atoms with Crippen LogP contribution in [0.15, 0.2) is 35.6 Å². The predicted molar refractivity (Wildman–Crippen MR) is 129 cm³/mol. The molecular weight excluding hydrogens is 545 g/mol. The molecule has 1 N–H and O–H groups in total. The van der Waals surface area contributed by atoms with Crippen molar-refractivity contribution < 1.29 is 18.3 Å². The average Bonchev–Trinajstić information content (AvgIpc) is 3.17. The predicted octanol–water partition coefficient (Wildman–Crippen LogP) is 3.80. The zero-order chi connectivity index (χ0) is 23.7.